The Labute approximate surface area is 98.7 Å². The summed E-state index contributed by atoms with van der Waals surface area (Å²) in [4.78, 5) is 6.89. The van der Waals surface area contributed by atoms with Gasteiger partial charge in [0, 0.05) is 17.6 Å². The molecule has 0 radical (unpaired) electrons. The SMILES string of the molecule is CC1(C)CCCC(C)(C)N1CC(O)CON. The van der Waals surface area contributed by atoms with Gasteiger partial charge in [-0.05, 0) is 47.0 Å². The summed E-state index contributed by atoms with van der Waals surface area (Å²) in [5, 5.41) is 9.82. The van der Waals surface area contributed by atoms with E-state index in [0.717, 1.165) is 0 Å². The predicted octanol–water partition coefficient (Wildman–Crippen LogP) is 1.28. The van der Waals surface area contributed by atoms with E-state index in [-0.39, 0.29) is 17.7 Å². The number of hydrogen-bond acceptors (Lipinski definition) is 4. The normalized spacial score (nSPS) is 26.6. The Morgan fingerprint density at radius 3 is 2.19 bits per heavy atom. The van der Waals surface area contributed by atoms with E-state index in [1.54, 1.807) is 0 Å². The van der Waals surface area contributed by atoms with Crippen LogP contribution in [0, 0.1) is 0 Å². The molecule has 0 aromatic rings. The molecule has 0 bridgehead atoms. The van der Waals surface area contributed by atoms with E-state index in [1.807, 2.05) is 0 Å². The fourth-order valence-corrected chi connectivity index (χ4v) is 2.91. The first kappa shape index (κ1) is 13.9. The van der Waals surface area contributed by atoms with Gasteiger partial charge in [0.15, 0.2) is 0 Å². The van der Waals surface area contributed by atoms with Crippen LogP contribution in [0.25, 0.3) is 0 Å². The first-order valence-electron chi connectivity index (χ1n) is 6.07. The Morgan fingerprint density at radius 1 is 1.25 bits per heavy atom. The average Bonchev–Trinajstić information content (AvgIpc) is 2.11. The maximum Gasteiger partial charge on any atom is 0.0951 e. The molecule has 0 aromatic heterocycles. The first-order chi connectivity index (χ1) is 7.29. The van der Waals surface area contributed by atoms with Crippen LogP contribution in [0.1, 0.15) is 47.0 Å². The van der Waals surface area contributed by atoms with E-state index in [0.29, 0.717) is 6.54 Å². The number of aliphatic hydroxyl groups excluding tert-OH is 1. The van der Waals surface area contributed by atoms with Gasteiger partial charge >= 0.3 is 0 Å². The minimum atomic E-state index is -0.512. The minimum Gasteiger partial charge on any atom is -0.389 e. The molecule has 1 aliphatic heterocycles. The van der Waals surface area contributed by atoms with Crippen molar-refractivity contribution in [2.75, 3.05) is 13.2 Å². The Morgan fingerprint density at radius 2 is 1.75 bits per heavy atom. The van der Waals surface area contributed by atoms with Crippen LogP contribution in [0.5, 0.6) is 0 Å². The third-order valence-corrected chi connectivity index (χ3v) is 3.72. The van der Waals surface area contributed by atoms with Crippen molar-refractivity contribution in [3.63, 3.8) is 0 Å². The van der Waals surface area contributed by atoms with Crippen molar-refractivity contribution < 1.29 is 9.94 Å². The van der Waals surface area contributed by atoms with Gasteiger partial charge in [0.2, 0.25) is 0 Å². The van der Waals surface area contributed by atoms with Crippen molar-refractivity contribution in [3.05, 3.63) is 0 Å². The lowest BCUT2D eigenvalue weighted by Crippen LogP contribution is -2.60. The van der Waals surface area contributed by atoms with Crippen LogP contribution in [-0.4, -0.2) is 40.3 Å². The van der Waals surface area contributed by atoms with Gasteiger partial charge in [-0.1, -0.05) is 0 Å². The smallest absolute Gasteiger partial charge is 0.0951 e. The number of nitrogens with two attached hydrogens (primary N) is 1. The lowest BCUT2D eigenvalue weighted by atomic mass is 9.79. The molecule has 4 nitrogen and oxygen atoms in total. The van der Waals surface area contributed by atoms with Gasteiger partial charge in [0.1, 0.15) is 0 Å². The second-order valence-corrected chi connectivity index (χ2v) is 6.08. The van der Waals surface area contributed by atoms with E-state index in [9.17, 15) is 5.11 Å². The Bertz CT molecular complexity index is 213. The number of rotatable bonds is 4. The highest BCUT2D eigenvalue weighted by atomic mass is 16.6. The minimum absolute atomic E-state index is 0.136. The number of β-amino-alcohol motifs (C(OH)–C–C–N with tert-alkyl or cyclic N) is 1. The zero-order chi connectivity index (χ0) is 12.4. The average molecular weight is 230 g/mol. The van der Waals surface area contributed by atoms with Crippen molar-refractivity contribution in [3.8, 4) is 0 Å². The molecule has 4 heteroatoms. The molecule has 3 N–H and O–H groups in total. The molecule has 1 saturated heterocycles. The number of piperidine rings is 1. The molecule has 0 spiro atoms. The van der Waals surface area contributed by atoms with E-state index < -0.39 is 6.10 Å². The number of aliphatic hydroxyl groups is 1. The van der Waals surface area contributed by atoms with E-state index in [4.69, 9.17) is 5.90 Å². The van der Waals surface area contributed by atoms with Crippen molar-refractivity contribution >= 4 is 0 Å². The molecule has 1 fully saturated rings. The Hall–Kier alpha value is -0.160. The van der Waals surface area contributed by atoms with E-state index in [1.165, 1.54) is 19.3 Å². The molecule has 96 valence electrons. The van der Waals surface area contributed by atoms with Crippen LogP contribution in [0.3, 0.4) is 0 Å². The molecular weight excluding hydrogens is 204 g/mol. The molecule has 1 rings (SSSR count). The predicted molar refractivity (Wildman–Crippen MR) is 64.9 cm³/mol. The maximum atomic E-state index is 9.82. The summed E-state index contributed by atoms with van der Waals surface area (Å²) in [7, 11) is 0. The zero-order valence-corrected chi connectivity index (χ0v) is 11.0. The Kier molecular flexibility index (Phi) is 4.35. The largest absolute Gasteiger partial charge is 0.389 e. The van der Waals surface area contributed by atoms with Gasteiger partial charge in [0.25, 0.3) is 0 Å². The highest BCUT2D eigenvalue weighted by Crippen LogP contribution is 2.37. The van der Waals surface area contributed by atoms with Crippen LogP contribution in [-0.2, 0) is 4.84 Å². The topological polar surface area (TPSA) is 58.7 Å². The second kappa shape index (κ2) is 5.00. The lowest BCUT2D eigenvalue weighted by Gasteiger charge is -2.53. The molecule has 1 aliphatic rings. The summed E-state index contributed by atoms with van der Waals surface area (Å²) in [5.41, 5.74) is 0.272. The lowest BCUT2D eigenvalue weighted by molar-refractivity contribution is -0.0702. The van der Waals surface area contributed by atoms with E-state index >= 15 is 0 Å². The molecule has 0 aromatic carbocycles. The zero-order valence-electron chi connectivity index (χ0n) is 11.0. The van der Waals surface area contributed by atoms with Crippen LogP contribution in [0.2, 0.25) is 0 Å². The first-order valence-corrected chi connectivity index (χ1v) is 6.07. The molecule has 0 saturated carbocycles. The van der Waals surface area contributed by atoms with Gasteiger partial charge in [0.05, 0.1) is 12.7 Å². The molecule has 0 aliphatic carbocycles. The Balaban J connectivity index is 2.71. The molecule has 1 heterocycles. The van der Waals surface area contributed by atoms with Crippen LogP contribution in [0.4, 0.5) is 0 Å². The van der Waals surface area contributed by atoms with Crippen LogP contribution < -0.4 is 5.90 Å². The standard InChI is InChI=1S/C12H26N2O2/c1-11(2)6-5-7-12(3,4)14(11)8-10(15)9-16-13/h10,15H,5-9,13H2,1-4H3. The van der Waals surface area contributed by atoms with Gasteiger partial charge < -0.3 is 9.94 Å². The van der Waals surface area contributed by atoms with Crippen molar-refractivity contribution in [2.45, 2.75) is 64.1 Å². The molecule has 16 heavy (non-hydrogen) atoms. The molecule has 1 atom stereocenters. The highest BCUT2D eigenvalue weighted by molar-refractivity contribution is 4.97. The van der Waals surface area contributed by atoms with Gasteiger partial charge in [-0.2, -0.15) is 0 Å². The summed E-state index contributed by atoms with van der Waals surface area (Å²) in [6.45, 7) is 9.78. The monoisotopic (exact) mass is 230 g/mol. The van der Waals surface area contributed by atoms with Crippen molar-refractivity contribution in [1.82, 2.24) is 4.90 Å². The number of hydrogen-bond donors (Lipinski definition) is 2. The van der Waals surface area contributed by atoms with Crippen molar-refractivity contribution in [1.29, 1.82) is 0 Å². The quantitative estimate of drug-likeness (QED) is 0.714. The highest BCUT2D eigenvalue weighted by Gasteiger charge is 2.41. The summed E-state index contributed by atoms with van der Waals surface area (Å²) in [6, 6.07) is 0. The summed E-state index contributed by atoms with van der Waals surface area (Å²) < 4.78 is 0. The van der Waals surface area contributed by atoms with Crippen LogP contribution in [0.15, 0.2) is 0 Å². The third-order valence-electron chi connectivity index (χ3n) is 3.72. The molecule has 0 amide bonds. The van der Waals surface area contributed by atoms with Crippen LogP contribution >= 0.6 is 0 Å². The van der Waals surface area contributed by atoms with Gasteiger partial charge in [-0.15, -0.1) is 0 Å². The maximum absolute atomic E-state index is 9.82. The molecular formula is C12H26N2O2. The fraction of sp³-hybridized carbons (Fsp3) is 1.00. The van der Waals surface area contributed by atoms with Gasteiger partial charge in [-0.3, -0.25) is 4.90 Å². The number of likely N-dealkylation sites (tertiary alicyclic amines) is 1. The summed E-state index contributed by atoms with van der Waals surface area (Å²) >= 11 is 0. The van der Waals surface area contributed by atoms with Crippen molar-refractivity contribution in [2.24, 2.45) is 5.90 Å². The fourth-order valence-electron chi connectivity index (χ4n) is 2.91. The van der Waals surface area contributed by atoms with E-state index in [2.05, 4.69) is 37.4 Å². The molecule has 1 unspecified atom stereocenters. The van der Waals surface area contributed by atoms with Gasteiger partial charge in [-0.25, -0.2) is 5.90 Å². The number of nitrogens with zero attached hydrogens (tertiary/aromatic N) is 1. The summed E-state index contributed by atoms with van der Waals surface area (Å²) in [5.74, 6) is 4.99. The second-order valence-electron chi connectivity index (χ2n) is 6.08. The summed E-state index contributed by atoms with van der Waals surface area (Å²) in [6.07, 6.45) is 3.08. The third kappa shape index (κ3) is 3.17.